The maximum Gasteiger partial charge on any atom is 0.264 e. The first-order chi connectivity index (χ1) is 38.5. The molecule has 3 heterocycles. The van der Waals surface area contributed by atoms with E-state index in [1.807, 2.05) is 11.3 Å². The standard InChI is InChI=1S/C76H76BN3S/c1-72(2,3)52-31-37-57(38-32-52)79-66-45-58(78(55-27-21-16-22-28-55)56-35-29-50(30-36-56)49-23-17-14-18-24-49)46-67-69(66)77(71-70(79)60-44-54(74(7,8)9)34-40-68(60)81-71)63-47-61-62(76(12,13)42-41-75(61,10)11)48-65(63)80(67)64-39-33-53(73(4,5)6)43-59(64)51-25-19-15-20-26-51/h14-15,17-21,23-27,29-40,43-48,55H,28,41-42H2,1-13H3. The van der Waals surface area contributed by atoms with Crippen molar-refractivity contribution in [2.45, 2.75) is 142 Å². The van der Waals surface area contributed by atoms with Crippen molar-refractivity contribution in [3.05, 3.63) is 210 Å². The van der Waals surface area contributed by atoms with Crippen molar-refractivity contribution >= 4 is 89.3 Å². The van der Waals surface area contributed by atoms with E-state index in [1.54, 1.807) is 0 Å². The van der Waals surface area contributed by atoms with Gasteiger partial charge in [0.25, 0.3) is 6.71 Å². The summed E-state index contributed by atoms with van der Waals surface area (Å²) in [7, 11) is 0. The summed E-state index contributed by atoms with van der Waals surface area (Å²) < 4.78 is 2.72. The van der Waals surface area contributed by atoms with E-state index in [4.69, 9.17) is 0 Å². The van der Waals surface area contributed by atoms with Gasteiger partial charge in [0.2, 0.25) is 0 Å². The van der Waals surface area contributed by atoms with Crippen LogP contribution in [0.3, 0.4) is 0 Å². The molecule has 9 aromatic rings. The molecule has 1 unspecified atom stereocenters. The van der Waals surface area contributed by atoms with Crippen LogP contribution in [0, 0.1) is 11.8 Å². The van der Waals surface area contributed by atoms with E-state index >= 15 is 0 Å². The highest BCUT2D eigenvalue weighted by Crippen LogP contribution is 2.55. The molecule has 2 aliphatic heterocycles. The van der Waals surface area contributed by atoms with Crippen LogP contribution < -0.4 is 30.4 Å². The van der Waals surface area contributed by atoms with Crippen molar-refractivity contribution in [3.8, 4) is 34.1 Å². The zero-order valence-corrected chi connectivity index (χ0v) is 50.7. The molecule has 1 atom stereocenters. The molecular weight excluding hydrogens is 998 g/mol. The minimum absolute atomic E-state index is 0.00565. The van der Waals surface area contributed by atoms with Gasteiger partial charge in [-0.1, -0.05) is 211 Å². The first-order valence-electron chi connectivity index (χ1n) is 29.5. The van der Waals surface area contributed by atoms with Gasteiger partial charge in [0.1, 0.15) is 0 Å². The summed E-state index contributed by atoms with van der Waals surface area (Å²) in [6.45, 7) is 31.0. The summed E-state index contributed by atoms with van der Waals surface area (Å²) in [4.78, 5) is 7.97. The minimum Gasteiger partial charge on any atom is -0.333 e. The lowest BCUT2D eigenvalue weighted by molar-refractivity contribution is 0.332. The summed E-state index contributed by atoms with van der Waals surface area (Å²) >= 11 is 2.00. The van der Waals surface area contributed by atoms with Gasteiger partial charge in [0, 0.05) is 61.0 Å². The summed E-state index contributed by atoms with van der Waals surface area (Å²) in [5.41, 5.74) is 23.9. The van der Waals surface area contributed by atoms with Crippen molar-refractivity contribution in [1.82, 2.24) is 0 Å². The molecular formula is C76H76BN3S. The van der Waals surface area contributed by atoms with Crippen LogP contribution in [-0.2, 0) is 27.1 Å². The van der Waals surface area contributed by atoms with Crippen LogP contribution in [0.1, 0.15) is 137 Å². The van der Waals surface area contributed by atoms with E-state index < -0.39 is 0 Å². The maximum atomic E-state index is 3.54. The zero-order valence-electron chi connectivity index (χ0n) is 49.8. The number of allylic oxidation sites excluding steroid dienone is 1. The molecule has 0 fully saturated rings. The van der Waals surface area contributed by atoms with E-state index in [2.05, 4.69) is 299 Å². The number of rotatable bonds is 7. The number of nitrogens with zero attached hydrogens (tertiary/aromatic N) is 3. The first kappa shape index (κ1) is 52.8. The minimum atomic E-state index is -0.0683. The largest absolute Gasteiger partial charge is 0.333 e. The number of fused-ring (bicyclic) bond motifs is 7. The molecule has 0 N–H and O–H groups in total. The van der Waals surface area contributed by atoms with E-state index in [1.165, 1.54) is 104 Å². The van der Waals surface area contributed by atoms with Gasteiger partial charge in [-0.3, -0.25) is 0 Å². The van der Waals surface area contributed by atoms with Gasteiger partial charge < -0.3 is 14.7 Å². The Morgan fingerprint density at radius 1 is 0.531 bits per heavy atom. The molecule has 0 bridgehead atoms. The fourth-order valence-corrected chi connectivity index (χ4v) is 14.7. The van der Waals surface area contributed by atoms with Crippen LogP contribution in [0.15, 0.2) is 182 Å². The lowest BCUT2D eigenvalue weighted by Crippen LogP contribution is -2.61. The Hall–Kier alpha value is -7.52. The highest BCUT2D eigenvalue weighted by molar-refractivity contribution is 7.33. The van der Waals surface area contributed by atoms with Gasteiger partial charge in [-0.05, 0) is 168 Å². The fourth-order valence-electron chi connectivity index (χ4n) is 13.4. The van der Waals surface area contributed by atoms with Crippen molar-refractivity contribution in [2.24, 2.45) is 0 Å². The number of hydrogen-bond acceptors (Lipinski definition) is 4. The average Bonchev–Trinajstić information content (AvgIpc) is 4.10. The fraction of sp³-hybridized carbons (Fsp3) is 0.289. The molecule has 5 heteroatoms. The van der Waals surface area contributed by atoms with Gasteiger partial charge in [0.15, 0.2) is 0 Å². The van der Waals surface area contributed by atoms with Crippen LogP contribution in [0.4, 0.5) is 45.5 Å². The Kier molecular flexibility index (Phi) is 12.4. The van der Waals surface area contributed by atoms with Gasteiger partial charge in [-0.25, -0.2) is 0 Å². The molecule has 1 aromatic heterocycles. The number of benzene rings is 8. The van der Waals surface area contributed by atoms with Gasteiger partial charge >= 0.3 is 0 Å². The SMILES string of the molecule is CC(C)(C)c1ccc(N2c3cc(N(c4ccc(-c5ccccc5)cc4)C4C=CC#CC4)cc4c3B(c3cc5c(cc3N4c3ccc(C(C)(C)C)cc3-c3ccccc3)C(C)(C)CCC5(C)C)c3sc4ccc(C(C)(C)C)cc4c32)cc1. The van der Waals surface area contributed by atoms with Gasteiger partial charge in [0.05, 0.1) is 17.4 Å². The summed E-state index contributed by atoms with van der Waals surface area (Å²) in [6.07, 6.45) is 7.36. The third-order valence-electron chi connectivity index (χ3n) is 18.3. The molecule has 0 amide bonds. The summed E-state index contributed by atoms with van der Waals surface area (Å²) in [5.74, 6) is 6.85. The second-order valence-corrected chi connectivity index (χ2v) is 29.0. The van der Waals surface area contributed by atoms with E-state index in [0.717, 1.165) is 29.9 Å². The molecule has 0 saturated carbocycles. The summed E-state index contributed by atoms with van der Waals surface area (Å²) in [5, 5.41) is 1.31. The molecule has 404 valence electrons. The van der Waals surface area contributed by atoms with Crippen LogP contribution in [-0.4, -0.2) is 12.8 Å². The lowest BCUT2D eigenvalue weighted by atomic mass is 9.35. The molecule has 0 radical (unpaired) electrons. The molecule has 4 aliphatic rings. The Balaban J connectivity index is 1.19. The Morgan fingerprint density at radius 2 is 1.10 bits per heavy atom. The third-order valence-corrected chi connectivity index (χ3v) is 19.6. The molecule has 3 nitrogen and oxygen atoms in total. The predicted molar refractivity (Wildman–Crippen MR) is 352 cm³/mol. The normalized spacial score (nSPS) is 16.8. The van der Waals surface area contributed by atoms with Gasteiger partial charge in [-0.15, -0.1) is 11.3 Å². The number of hydrogen-bond donors (Lipinski definition) is 0. The highest BCUT2D eigenvalue weighted by Gasteiger charge is 2.49. The van der Waals surface area contributed by atoms with Crippen molar-refractivity contribution in [2.75, 3.05) is 14.7 Å². The molecule has 2 aliphatic carbocycles. The topological polar surface area (TPSA) is 9.72 Å². The zero-order chi connectivity index (χ0) is 56.5. The average molecular weight is 1070 g/mol. The highest BCUT2D eigenvalue weighted by atomic mass is 32.1. The van der Waals surface area contributed by atoms with E-state index in [9.17, 15) is 0 Å². The van der Waals surface area contributed by atoms with E-state index in [0.29, 0.717) is 6.42 Å². The number of thiophene rings is 1. The quantitative estimate of drug-likeness (QED) is 0.116. The second-order valence-electron chi connectivity index (χ2n) is 27.9. The Labute approximate surface area is 487 Å². The Morgan fingerprint density at radius 3 is 1.72 bits per heavy atom. The molecule has 13 rings (SSSR count). The maximum absolute atomic E-state index is 3.54. The predicted octanol–water partition coefficient (Wildman–Crippen LogP) is 19.0. The van der Waals surface area contributed by atoms with Crippen LogP contribution >= 0.6 is 11.3 Å². The first-order valence-corrected chi connectivity index (χ1v) is 30.3. The van der Waals surface area contributed by atoms with Crippen LogP contribution in [0.25, 0.3) is 32.3 Å². The van der Waals surface area contributed by atoms with Crippen LogP contribution in [0.5, 0.6) is 0 Å². The molecule has 8 aromatic carbocycles. The van der Waals surface area contributed by atoms with Crippen LogP contribution in [0.2, 0.25) is 0 Å². The monoisotopic (exact) mass is 1070 g/mol. The van der Waals surface area contributed by atoms with Crippen molar-refractivity contribution in [1.29, 1.82) is 0 Å². The number of anilines is 8. The lowest BCUT2D eigenvalue weighted by Gasteiger charge is -2.47. The molecule has 0 spiro atoms. The second kappa shape index (κ2) is 19.0. The Bertz CT molecular complexity index is 4040. The van der Waals surface area contributed by atoms with Gasteiger partial charge in [-0.2, -0.15) is 0 Å². The summed E-state index contributed by atoms with van der Waals surface area (Å²) in [6, 6.07) is 65.8. The van der Waals surface area contributed by atoms with E-state index in [-0.39, 0.29) is 39.8 Å². The van der Waals surface area contributed by atoms with Crippen molar-refractivity contribution < 1.29 is 0 Å². The van der Waals surface area contributed by atoms with Crippen molar-refractivity contribution in [3.63, 3.8) is 0 Å². The molecule has 81 heavy (non-hydrogen) atoms. The smallest absolute Gasteiger partial charge is 0.264 e. The molecule has 0 saturated heterocycles. The third kappa shape index (κ3) is 9.05.